The lowest BCUT2D eigenvalue weighted by atomic mass is 10.1. The zero-order chi connectivity index (χ0) is 21.4. The molecule has 2 N–H and O–H groups in total. The molecular weight excluding hydrogens is 386 g/mol. The zero-order valence-corrected chi connectivity index (χ0v) is 18.8. The number of anilines is 1. The molecule has 0 saturated heterocycles. The minimum atomic E-state index is -0.109. The van der Waals surface area contributed by atoms with E-state index in [0.717, 1.165) is 36.8 Å². The van der Waals surface area contributed by atoms with Gasteiger partial charge in [0.25, 0.3) is 0 Å². The van der Waals surface area contributed by atoms with Crippen LogP contribution in [-0.4, -0.2) is 46.3 Å². The Morgan fingerprint density at radius 3 is 2.41 bits per heavy atom. The first-order valence-electron chi connectivity index (χ1n) is 10.1. The summed E-state index contributed by atoms with van der Waals surface area (Å²) in [5.41, 5.74) is 1.30. The fourth-order valence-electron chi connectivity index (χ4n) is 3.16. The maximum absolute atomic E-state index is 12.4. The zero-order valence-electron chi connectivity index (χ0n) is 18.0. The SMILES string of the molecule is CCCCn1c(SCC(=O)Nc2ccc(C(C)=O)cc2)nnc1[C@@H](CC)[NH+](C)C. The highest BCUT2D eigenvalue weighted by atomic mass is 32.2. The van der Waals surface area contributed by atoms with Crippen LogP contribution in [0.1, 0.15) is 62.3 Å². The molecule has 1 aromatic heterocycles. The summed E-state index contributed by atoms with van der Waals surface area (Å²) >= 11 is 1.41. The molecule has 0 aliphatic rings. The van der Waals surface area contributed by atoms with Crippen molar-refractivity contribution in [1.29, 1.82) is 0 Å². The number of nitrogens with one attached hydrogen (secondary N) is 2. The number of nitrogens with zero attached hydrogens (tertiary/aromatic N) is 3. The van der Waals surface area contributed by atoms with E-state index in [4.69, 9.17) is 0 Å². The summed E-state index contributed by atoms with van der Waals surface area (Å²) < 4.78 is 2.17. The van der Waals surface area contributed by atoms with E-state index < -0.39 is 0 Å². The van der Waals surface area contributed by atoms with E-state index in [9.17, 15) is 9.59 Å². The lowest BCUT2D eigenvalue weighted by molar-refractivity contribution is -0.893. The van der Waals surface area contributed by atoms with Gasteiger partial charge >= 0.3 is 0 Å². The first kappa shape index (κ1) is 23.1. The summed E-state index contributed by atoms with van der Waals surface area (Å²) in [5, 5.41) is 12.5. The van der Waals surface area contributed by atoms with Crippen molar-refractivity contribution in [3.63, 3.8) is 0 Å². The highest BCUT2D eigenvalue weighted by Crippen LogP contribution is 2.22. The number of carbonyl (C=O) groups is 2. The number of hydrogen-bond acceptors (Lipinski definition) is 5. The molecule has 8 heteroatoms. The number of hydrogen-bond donors (Lipinski definition) is 2. The van der Waals surface area contributed by atoms with Crippen LogP contribution in [0.4, 0.5) is 5.69 Å². The third-order valence-corrected chi connectivity index (χ3v) is 5.77. The average Bonchev–Trinajstić information content (AvgIpc) is 3.07. The molecule has 7 nitrogen and oxygen atoms in total. The Morgan fingerprint density at radius 2 is 1.86 bits per heavy atom. The van der Waals surface area contributed by atoms with E-state index in [1.807, 2.05) is 0 Å². The average molecular weight is 419 g/mol. The van der Waals surface area contributed by atoms with E-state index >= 15 is 0 Å². The van der Waals surface area contributed by atoms with Gasteiger partial charge in [0.1, 0.15) is 6.04 Å². The van der Waals surface area contributed by atoms with Crippen LogP contribution in [0, 0.1) is 0 Å². The van der Waals surface area contributed by atoms with Gasteiger partial charge in [0.2, 0.25) is 5.91 Å². The van der Waals surface area contributed by atoms with Crippen LogP contribution in [0.5, 0.6) is 0 Å². The van der Waals surface area contributed by atoms with Crippen molar-refractivity contribution in [3.8, 4) is 0 Å². The number of quaternary nitrogens is 1. The molecule has 2 rings (SSSR count). The molecule has 0 aliphatic carbocycles. The smallest absolute Gasteiger partial charge is 0.234 e. The second-order valence-corrected chi connectivity index (χ2v) is 8.30. The highest BCUT2D eigenvalue weighted by molar-refractivity contribution is 7.99. The summed E-state index contributed by atoms with van der Waals surface area (Å²) in [7, 11) is 4.26. The molecule has 158 valence electrons. The van der Waals surface area contributed by atoms with Gasteiger partial charge in [0, 0.05) is 24.2 Å². The van der Waals surface area contributed by atoms with Gasteiger partial charge in [-0.15, -0.1) is 10.2 Å². The summed E-state index contributed by atoms with van der Waals surface area (Å²) in [5.74, 6) is 1.14. The molecule has 0 radical (unpaired) electrons. The minimum absolute atomic E-state index is 0.00518. The summed E-state index contributed by atoms with van der Waals surface area (Å²) in [6, 6.07) is 7.20. The van der Waals surface area contributed by atoms with Crippen LogP contribution in [0.3, 0.4) is 0 Å². The largest absolute Gasteiger partial charge is 0.331 e. The van der Waals surface area contributed by atoms with Gasteiger partial charge < -0.3 is 14.8 Å². The van der Waals surface area contributed by atoms with Gasteiger partial charge in [-0.25, -0.2) is 0 Å². The highest BCUT2D eigenvalue weighted by Gasteiger charge is 2.25. The van der Waals surface area contributed by atoms with E-state index in [2.05, 4.69) is 48.0 Å². The molecule has 1 atom stereocenters. The molecule has 0 spiro atoms. The number of aromatic nitrogens is 3. The second kappa shape index (κ2) is 11.1. The predicted molar refractivity (Wildman–Crippen MR) is 117 cm³/mol. The van der Waals surface area contributed by atoms with Crippen LogP contribution in [0.15, 0.2) is 29.4 Å². The Balaban J connectivity index is 2.05. The molecule has 0 unspecified atom stereocenters. The fraction of sp³-hybridized carbons (Fsp3) is 0.524. The van der Waals surface area contributed by atoms with Gasteiger partial charge in [0.05, 0.1) is 19.8 Å². The van der Waals surface area contributed by atoms with Gasteiger partial charge in [-0.2, -0.15) is 0 Å². The van der Waals surface area contributed by atoms with Crippen LogP contribution < -0.4 is 10.2 Å². The maximum atomic E-state index is 12.4. The molecule has 2 aromatic rings. The molecule has 0 saturated carbocycles. The maximum Gasteiger partial charge on any atom is 0.234 e. The van der Waals surface area contributed by atoms with Crippen molar-refractivity contribution < 1.29 is 14.5 Å². The first-order chi connectivity index (χ1) is 13.9. The Kier molecular flexibility index (Phi) is 8.85. The predicted octanol–water partition coefficient (Wildman–Crippen LogP) is 2.61. The van der Waals surface area contributed by atoms with Crippen molar-refractivity contribution in [1.82, 2.24) is 14.8 Å². The van der Waals surface area contributed by atoms with Crippen molar-refractivity contribution in [3.05, 3.63) is 35.7 Å². The van der Waals surface area contributed by atoms with Crippen molar-refractivity contribution in [2.75, 3.05) is 25.2 Å². The number of benzene rings is 1. The Labute approximate surface area is 177 Å². The third kappa shape index (κ3) is 6.40. The van der Waals surface area contributed by atoms with Gasteiger partial charge in [0.15, 0.2) is 16.8 Å². The number of unbranched alkanes of at least 4 members (excludes halogenated alkanes) is 1. The summed E-state index contributed by atoms with van der Waals surface area (Å²) in [4.78, 5) is 25.0. The molecule has 0 aliphatic heterocycles. The summed E-state index contributed by atoms with van der Waals surface area (Å²) in [6.07, 6.45) is 3.12. The quantitative estimate of drug-likeness (QED) is 0.433. The van der Waals surface area contributed by atoms with Gasteiger partial charge in [-0.1, -0.05) is 32.0 Å². The lowest BCUT2D eigenvalue weighted by Gasteiger charge is -2.20. The van der Waals surface area contributed by atoms with E-state index in [1.165, 1.54) is 23.6 Å². The standard InChI is InChI=1S/C21H31N5O2S/c1-6-8-13-26-20(18(7-2)25(4)5)23-24-21(26)29-14-19(28)22-17-11-9-16(10-12-17)15(3)27/h9-12,18H,6-8,13-14H2,1-5H3,(H,22,28)/p+1/t18-/m1/s1. The Bertz CT molecular complexity index is 817. The molecular formula is C21H32N5O2S+. The molecule has 0 fully saturated rings. The monoisotopic (exact) mass is 418 g/mol. The van der Waals surface area contributed by atoms with Crippen molar-refractivity contribution >= 4 is 29.1 Å². The summed E-state index contributed by atoms with van der Waals surface area (Å²) in [6.45, 7) is 6.71. The molecule has 1 heterocycles. The van der Waals surface area contributed by atoms with E-state index in [-0.39, 0.29) is 23.5 Å². The van der Waals surface area contributed by atoms with E-state index in [1.54, 1.807) is 24.3 Å². The number of carbonyl (C=O) groups excluding carboxylic acids is 2. The Morgan fingerprint density at radius 1 is 1.17 bits per heavy atom. The van der Waals surface area contributed by atoms with Crippen LogP contribution >= 0.6 is 11.8 Å². The van der Waals surface area contributed by atoms with Crippen molar-refractivity contribution in [2.24, 2.45) is 0 Å². The number of amides is 1. The number of Topliss-reactive ketones (excluding diaryl/α,β-unsaturated/α-hetero) is 1. The van der Waals surface area contributed by atoms with Crippen LogP contribution in [0.25, 0.3) is 0 Å². The lowest BCUT2D eigenvalue weighted by Crippen LogP contribution is -3.06. The Hall–Kier alpha value is -2.19. The topological polar surface area (TPSA) is 81.3 Å². The van der Waals surface area contributed by atoms with Gasteiger partial charge in [-0.05, 0) is 37.6 Å². The van der Waals surface area contributed by atoms with Gasteiger partial charge in [-0.3, -0.25) is 9.59 Å². The van der Waals surface area contributed by atoms with E-state index in [0.29, 0.717) is 11.3 Å². The molecule has 29 heavy (non-hydrogen) atoms. The molecule has 0 bridgehead atoms. The third-order valence-electron chi connectivity index (χ3n) is 4.81. The second-order valence-electron chi connectivity index (χ2n) is 7.35. The number of rotatable bonds is 11. The fourth-order valence-corrected chi connectivity index (χ4v) is 3.93. The van der Waals surface area contributed by atoms with Crippen LogP contribution in [0.2, 0.25) is 0 Å². The van der Waals surface area contributed by atoms with Crippen molar-refractivity contribution in [2.45, 2.75) is 57.8 Å². The first-order valence-corrected chi connectivity index (χ1v) is 11.1. The number of ketones is 1. The molecule has 1 amide bonds. The minimum Gasteiger partial charge on any atom is -0.331 e. The number of thioether (sulfide) groups is 1. The normalized spacial score (nSPS) is 12.2. The molecule has 1 aromatic carbocycles. The van der Waals surface area contributed by atoms with Crippen LogP contribution in [-0.2, 0) is 11.3 Å².